The Morgan fingerprint density at radius 2 is 1.69 bits per heavy atom. The number of aromatic nitrogens is 2. The Kier molecular flexibility index (Phi) is 9.41. The van der Waals surface area contributed by atoms with Gasteiger partial charge >= 0.3 is 0 Å². The van der Waals surface area contributed by atoms with Gasteiger partial charge in [-0.25, -0.2) is 13.4 Å². The third-order valence-electron chi connectivity index (χ3n) is 7.39. The number of anilines is 5. The minimum Gasteiger partial charge on any atom is -0.494 e. The van der Waals surface area contributed by atoms with Crippen molar-refractivity contribution in [2.24, 2.45) is 0 Å². The minimum atomic E-state index is -3.45. The van der Waals surface area contributed by atoms with Crippen LogP contribution in [0.4, 0.5) is 28.8 Å². The number of piperidine rings is 1. The molecule has 0 amide bonds. The van der Waals surface area contributed by atoms with Gasteiger partial charge in [-0.1, -0.05) is 24.3 Å². The maximum absolute atomic E-state index is 12.4. The average molecular weight is 591 g/mol. The minimum absolute atomic E-state index is 0.199. The molecule has 0 unspecified atom stereocenters. The Bertz CT molecular complexity index is 1620. The van der Waals surface area contributed by atoms with Crippen LogP contribution in [0.15, 0.2) is 71.6 Å². The molecule has 0 aliphatic carbocycles. The summed E-state index contributed by atoms with van der Waals surface area (Å²) in [6.07, 6.45) is 4.38. The lowest BCUT2D eigenvalue weighted by Gasteiger charge is -2.34. The predicted octanol–water partition coefficient (Wildman–Crippen LogP) is 5.12. The highest BCUT2D eigenvalue weighted by molar-refractivity contribution is 7.90. The predicted molar refractivity (Wildman–Crippen MR) is 168 cm³/mol. The van der Waals surface area contributed by atoms with E-state index in [0.717, 1.165) is 62.3 Å². The molecule has 0 atom stereocenters. The van der Waals surface area contributed by atoms with Gasteiger partial charge in [-0.15, -0.1) is 0 Å². The van der Waals surface area contributed by atoms with Gasteiger partial charge in [0.15, 0.2) is 9.84 Å². The Morgan fingerprint density at radius 1 is 0.929 bits per heavy atom. The highest BCUT2D eigenvalue weighted by atomic mass is 32.2. The quantitative estimate of drug-likeness (QED) is 0.192. The van der Waals surface area contributed by atoms with Crippen LogP contribution in [0.1, 0.15) is 19.3 Å². The van der Waals surface area contributed by atoms with E-state index in [2.05, 4.69) is 26.9 Å². The van der Waals surface area contributed by atoms with Crippen LogP contribution in [0, 0.1) is 0 Å². The van der Waals surface area contributed by atoms with Crippen molar-refractivity contribution < 1.29 is 17.9 Å². The first-order valence-electron chi connectivity index (χ1n) is 14.1. The number of sulfone groups is 1. The van der Waals surface area contributed by atoms with E-state index in [-0.39, 0.29) is 4.90 Å². The number of ether oxygens (including phenoxy) is 2. The summed E-state index contributed by atoms with van der Waals surface area (Å²) in [6.45, 7) is 3.70. The summed E-state index contributed by atoms with van der Waals surface area (Å²) in [4.78, 5) is 12.0. The second-order valence-electron chi connectivity index (χ2n) is 10.4. The van der Waals surface area contributed by atoms with Gasteiger partial charge in [0.25, 0.3) is 0 Å². The van der Waals surface area contributed by atoms with Gasteiger partial charge in [-0.3, -0.25) is 0 Å². The lowest BCUT2D eigenvalue weighted by Crippen LogP contribution is -2.43. The van der Waals surface area contributed by atoms with Gasteiger partial charge in [0.1, 0.15) is 11.6 Å². The second kappa shape index (κ2) is 13.4. The van der Waals surface area contributed by atoms with Crippen molar-refractivity contribution in [3.63, 3.8) is 0 Å². The average Bonchev–Trinajstić information content (AvgIpc) is 3.00. The van der Waals surface area contributed by atoms with E-state index >= 15 is 0 Å². The van der Waals surface area contributed by atoms with Crippen molar-refractivity contribution in [3.05, 3.63) is 66.7 Å². The fraction of sp³-hybridized carbons (Fsp3) is 0.355. The monoisotopic (exact) mass is 590 g/mol. The molecule has 0 bridgehead atoms. The molecule has 1 fully saturated rings. The molecule has 3 aromatic carbocycles. The summed E-state index contributed by atoms with van der Waals surface area (Å²) >= 11 is 0. The Hall–Kier alpha value is -3.93. The number of hydrogen-bond donors (Lipinski definition) is 3. The summed E-state index contributed by atoms with van der Waals surface area (Å²) in [5.74, 6) is 1.54. The van der Waals surface area contributed by atoms with Crippen molar-refractivity contribution >= 4 is 49.6 Å². The standard InChI is InChI=1S/C31H38N6O4S/c1-40-20-8-17-32-22-15-18-37(19-16-22)23-13-14-26(28(21-23)41-2)35-31-34-25-10-5-4-9-24(25)30(36-31)33-27-11-6-7-12-29(27)42(3,38)39/h4-7,9-14,21-22,32H,8,15-20H2,1-3H3,(H2,33,34,35,36). The van der Waals surface area contributed by atoms with Crippen molar-refractivity contribution in [3.8, 4) is 5.75 Å². The molecule has 2 heterocycles. The van der Waals surface area contributed by atoms with Crippen molar-refractivity contribution in [2.45, 2.75) is 30.2 Å². The number of para-hydroxylation sites is 2. The van der Waals surface area contributed by atoms with Crippen LogP contribution in [-0.4, -0.2) is 71.1 Å². The second-order valence-corrected chi connectivity index (χ2v) is 12.4. The van der Waals surface area contributed by atoms with Gasteiger partial charge in [-0.05, 0) is 62.2 Å². The fourth-order valence-corrected chi connectivity index (χ4v) is 6.06. The highest BCUT2D eigenvalue weighted by Crippen LogP contribution is 2.34. The molecule has 0 saturated carbocycles. The summed E-state index contributed by atoms with van der Waals surface area (Å²) in [6, 6.07) is 21.0. The van der Waals surface area contributed by atoms with Crippen molar-refractivity contribution in [2.75, 3.05) is 62.3 Å². The largest absolute Gasteiger partial charge is 0.494 e. The Morgan fingerprint density at radius 3 is 2.45 bits per heavy atom. The van der Waals surface area contributed by atoms with Crippen molar-refractivity contribution in [1.82, 2.24) is 15.3 Å². The lowest BCUT2D eigenvalue weighted by molar-refractivity contribution is 0.192. The first-order chi connectivity index (χ1) is 20.4. The lowest BCUT2D eigenvalue weighted by atomic mass is 10.0. The molecule has 4 aromatic rings. The maximum atomic E-state index is 12.4. The SMILES string of the molecule is COCCCNC1CCN(c2ccc(Nc3nc(Nc4ccccc4S(C)(=O)=O)c4ccccc4n3)c(OC)c2)CC1. The molecule has 1 aromatic heterocycles. The topological polar surface area (TPSA) is 118 Å². The Labute approximate surface area is 247 Å². The number of nitrogens with one attached hydrogen (secondary N) is 3. The Balaban J connectivity index is 1.35. The molecule has 5 rings (SSSR count). The van der Waals surface area contributed by atoms with Crippen LogP contribution in [0.3, 0.4) is 0 Å². The molecule has 0 radical (unpaired) electrons. The zero-order chi connectivity index (χ0) is 29.5. The first kappa shape index (κ1) is 29.6. The van der Waals surface area contributed by atoms with Gasteiger partial charge < -0.3 is 30.3 Å². The van der Waals surface area contributed by atoms with E-state index < -0.39 is 9.84 Å². The molecule has 1 saturated heterocycles. The summed E-state index contributed by atoms with van der Waals surface area (Å²) in [5.41, 5.74) is 3.00. The molecule has 1 aliphatic rings. The maximum Gasteiger partial charge on any atom is 0.229 e. The van der Waals surface area contributed by atoms with Gasteiger partial charge in [0.05, 0.1) is 28.9 Å². The molecular formula is C31H38N6O4S. The zero-order valence-corrected chi connectivity index (χ0v) is 25.1. The fourth-order valence-electron chi connectivity index (χ4n) is 5.21. The molecule has 1 aliphatic heterocycles. The summed E-state index contributed by atoms with van der Waals surface area (Å²) in [7, 11) is -0.0613. The molecule has 222 valence electrons. The van der Waals surface area contributed by atoms with Gasteiger partial charge in [-0.2, -0.15) is 4.98 Å². The van der Waals surface area contributed by atoms with E-state index in [4.69, 9.17) is 19.4 Å². The number of hydrogen-bond acceptors (Lipinski definition) is 10. The van der Waals surface area contributed by atoms with E-state index in [0.29, 0.717) is 34.8 Å². The van der Waals surface area contributed by atoms with Gasteiger partial charge in [0, 0.05) is 56.2 Å². The van der Waals surface area contributed by atoms with E-state index in [1.807, 2.05) is 36.4 Å². The number of fused-ring (bicyclic) bond motifs is 1. The van der Waals surface area contributed by atoms with Crippen LogP contribution in [-0.2, 0) is 14.6 Å². The highest BCUT2D eigenvalue weighted by Gasteiger charge is 2.20. The van der Waals surface area contributed by atoms with Crippen molar-refractivity contribution in [1.29, 1.82) is 0 Å². The number of nitrogens with zero attached hydrogens (tertiary/aromatic N) is 3. The summed E-state index contributed by atoms with van der Waals surface area (Å²) in [5, 5.41) is 11.0. The van der Waals surface area contributed by atoms with Crippen LogP contribution in [0.2, 0.25) is 0 Å². The smallest absolute Gasteiger partial charge is 0.229 e. The van der Waals surface area contributed by atoms with Crippen LogP contribution >= 0.6 is 0 Å². The molecule has 11 heteroatoms. The third-order valence-corrected chi connectivity index (χ3v) is 8.55. The summed E-state index contributed by atoms with van der Waals surface area (Å²) < 4.78 is 35.7. The molecular weight excluding hydrogens is 552 g/mol. The number of benzene rings is 3. The van der Waals surface area contributed by atoms with Gasteiger partial charge in [0.2, 0.25) is 5.95 Å². The molecule has 42 heavy (non-hydrogen) atoms. The van der Waals surface area contributed by atoms with Crippen LogP contribution in [0.5, 0.6) is 5.75 Å². The van der Waals surface area contributed by atoms with E-state index in [1.54, 1.807) is 38.5 Å². The first-order valence-corrected chi connectivity index (χ1v) is 16.0. The molecule has 3 N–H and O–H groups in total. The van der Waals surface area contributed by atoms with Crippen LogP contribution < -0.4 is 25.6 Å². The normalized spacial score (nSPS) is 14.2. The number of rotatable bonds is 12. The molecule has 10 nitrogen and oxygen atoms in total. The van der Waals surface area contributed by atoms with Crippen LogP contribution in [0.25, 0.3) is 10.9 Å². The van der Waals surface area contributed by atoms with E-state index in [9.17, 15) is 8.42 Å². The molecule has 0 spiro atoms. The zero-order valence-electron chi connectivity index (χ0n) is 24.3. The van der Waals surface area contributed by atoms with E-state index in [1.165, 1.54) is 6.26 Å². The third kappa shape index (κ3) is 7.10. The number of methoxy groups -OCH3 is 2.